The van der Waals surface area contributed by atoms with Crippen LogP contribution in [0.4, 0.5) is 0 Å². The maximum atomic E-state index is 10.9. The first-order valence-corrected chi connectivity index (χ1v) is 6.41. The molecule has 1 N–H and O–H groups in total. The number of carboxylic acid groups (broad SMARTS) is 1. The minimum absolute atomic E-state index is 0.0949. The van der Waals surface area contributed by atoms with E-state index in [1.807, 2.05) is 32.0 Å². The summed E-state index contributed by atoms with van der Waals surface area (Å²) in [5.74, 6) is -0.373. The highest BCUT2D eigenvalue weighted by atomic mass is 16.6. The molecular weight excluding hydrogens is 270 g/mol. The van der Waals surface area contributed by atoms with Crippen LogP contribution in [0.2, 0.25) is 0 Å². The average Bonchev–Trinajstić information content (AvgIpc) is 2.78. The van der Waals surface area contributed by atoms with Gasteiger partial charge in [-0.3, -0.25) is 0 Å². The number of hydrogen-bond acceptors (Lipinski definition) is 4. The largest absolute Gasteiger partial charge is 0.478 e. The van der Waals surface area contributed by atoms with Crippen LogP contribution in [0.1, 0.15) is 21.5 Å². The second-order valence-electron chi connectivity index (χ2n) is 4.89. The number of rotatable bonds is 3. The van der Waals surface area contributed by atoms with Gasteiger partial charge in [0.25, 0.3) is 0 Å². The predicted octanol–water partition coefficient (Wildman–Crippen LogP) is 3.94. The SMILES string of the molecule is Cc1cc(C)cc(Oc2nc3ccc(C(=O)O)cc3o2)c1. The van der Waals surface area contributed by atoms with Crippen molar-refractivity contribution in [3.63, 3.8) is 0 Å². The van der Waals surface area contributed by atoms with Crippen molar-refractivity contribution in [2.24, 2.45) is 0 Å². The van der Waals surface area contributed by atoms with E-state index in [4.69, 9.17) is 14.3 Å². The zero-order valence-electron chi connectivity index (χ0n) is 11.6. The monoisotopic (exact) mass is 283 g/mol. The van der Waals surface area contributed by atoms with Crippen molar-refractivity contribution < 1.29 is 19.1 Å². The lowest BCUT2D eigenvalue weighted by molar-refractivity contribution is 0.0697. The minimum Gasteiger partial charge on any atom is -0.478 e. The van der Waals surface area contributed by atoms with Gasteiger partial charge in [0.1, 0.15) is 11.3 Å². The molecule has 1 aromatic heterocycles. The Labute approximate surface area is 120 Å². The summed E-state index contributed by atoms with van der Waals surface area (Å²) in [6, 6.07) is 10.3. The molecule has 21 heavy (non-hydrogen) atoms. The summed E-state index contributed by atoms with van der Waals surface area (Å²) in [4.78, 5) is 15.1. The van der Waals surface area contributed by atoms with Crippen LogP contribution < -0.4 is 4.74 Å². The first-order chi connectivity index (χ1) is 10.0. The van der Waals surface area contributed by atoms with Gasteiger partial charge >= 0.3 is 12.0 Å². The van der Waals surface area contributed by atoms with Gasteiger partial charge in [0.15, 0.2) is 5.58 Å². The molecule has 0 bridgehead atoms. The van der Waals surface area contributed by atoms with Gasteiger partial charge in [0.2, 0.25) is 0 Å². The minimum atomic E-state index is -1.01. The van der Waals surface area contributed by atoms with Crippen LogP contribution in [0, 0.1) is 13.8 Å². The summed E-state index contributed by atoms with van der Waals surface area (Å²) < 4.78 is 11.0. The first kappa shape index (κ1) is 13.2. The number of nitrogens with zero attached hydrogens (tertiary/aromatic N) is 1. The van der Waals surface area contributed by atoms with Crippen LogP contribution in [0.25, 0.3) is 11.1 Å². The third kappa shape index (κ3) is 2.72. The Morgan fingerprint density at radius 2 is 1.86 bits per heavy atom. The molecular formula is C16H13NO4. The van der Waals surface area contributed by atoms with Crippen LogP contribution in [-0.2, 0) is 0 Å². The number of hydrogen-bond donors (Lipinski definition) is 1. The summed E-state index contributed by atoms with van der Waals surface area (Å²) >= 11 is 0. The van der Waals surface area contributed by atoms with E-state index >= 15 is 0 Å². The zero-order chi connectivity index (χ0) is 15.0. The number of benzene rings is 2. The molecule has 0 amide bonds. The van der Waals surface area contributed by atoms with Crippen molar-refractivity contribution in [2.75, 3.05) is 0 Å². The molecule has 3 rings (SSSR count). The molecule has 3 aromatic rings. The lowest BCUT2D eigenvalue weighted by atomic mass is 10.1. The number of aromatic nitrogens is 1. The van der Waals surface area contributed by atoms with Gasteiger partial charge in [-0.05, 0) is 55.3 Å². The Morgan fingerprint density at radius 3 is 2.52 bits per heavy atom. The van der Waals surface area contributed by atoms with Gasteiger partial charge in [-0.25, -0.2) is 4.79 Å². The highest BCUT2D eigenvalue weighted by Gasteiger charge is 2.11. The van der Waals surface area contributed by atoms with Gasteiger partial charge in [0.05, 0.1) is 5.56 Å². The molecule has 106 valence electrons. The predicted molar refractivity (Wildman–Crippen MR) is 77.0 cm³/mol. The van der Waals surface area contributed by atoms with Gasteiger partial charge in [-0.15, -0.1) is 0 Å². The van der Waals surface area contributed by atoms with Gasteiger partial charge in [-0.1, -0.05) is 6.07 Å². The topological polar surface area (TPSA) is 72.6 Å². The number of oxazole rings is 1. The third-order valence-electron chi connectivity index (χ3n) is 3.02. The maximum absolute atomic E-state index is 10.9. The average molecular weight is 283 g/mol. The lowest BCUT2D eigenvalue weighted by Gasteiger charge is -2.03. The van der Waals surface area contributed by atoms with E-state index in [2.05, 4.69) is 4.98 Å². The molecule has 5 nitrogen and oxygen atoms in total. The number of aromatic carboxylic acids is 1. The maximum Gasteiger partial charge on any atom is 0.400 e. The van der Waals surface area contributed by atoms with Crippen LogP contribution in [-0.4, -0.2) is 16.1 Å². The van der Waals surface area contributed by atoms with Gasteiger partial charge < -0.3 is 14.3 Å². The molecule has 5 heteroatoms. The normalized spacial score (nSPS) is 10.8. The van der Waals surface area contributed by atoms with Crippen molar-refractivity contribution in [2.45, 2.75) is 13.8 Å². The number of fused-ring (bicyclic) bond motifs is 1. The smallest absolute Gasteiger partial charge is 0.400 e. The number of aryl methyl sites for hydroxylation is 2. The molecule has 0 aliphatic heterocycles. The summed E-state index contributed by atoms with van der Waals surface area (Å²) in [6.45, 7) is 3.95. The highest BCUT2D eigenvalue weighted by Crippen LogP contribution is 2.27. The van der Waals surface area contributed by atoms with Crippen LogP contribution in [0.15, 0.2) is 40.8 Å². The zero-order valence-corrected chi connectivity index (χ0v) is 11.6. The summed E-state index contributed by atoms with van der Waals surface area (Å²) in [5.41, 5.74) is 3.24. The fourth-order valence-corrected chi connectivity index (χ4v) is 2.17. The number of carboxylic acids is 1. The van der Waals surface area contributed by atoms with Crippen molar-refractivity contribution >= 4 is 17.1 Å². The number of carbonyl (C=O) groups is 1. The molecule has 0 saturated heterocycles. The fourth-order valence-electron chi connectivity index (χ4n) is 2.17. The Bertz CT molecular complexity index is 815. The quantitative estimate of drug-likeness (QED) is 0.788. The van der Waals surface area contributed by atoms with Gasteiger partial charge in [0, 0.05) is 0 Å². The second kappa shape index (κ2) is 4.94. The molecule has 0 unspecified atom stereocenters. The molecule has 0 saturated carbocycles. The Kier molecular flexibility index (Phi) is 3.10. The second-order valence-corrected chi connectivity index (χ2v) is 4.89. The third-order valence-corrected chi connectivity index (χ3v) is 3.02. The summed E-state index contributed by atoms with van der Waals surface area (Å²) in [6.07, 6.45) is 0.0949. The molecule has 0 aliphatic rings. The molecule has 0 radical (unpaired) electrons. The highest BCUT2D eigenvalue weighted by molar-refractivity contribution is 5.91. The van der Waals surface area contributed by atoms with E-state index in [0.717, 1.165) is 11.1 Å². The molecule has 0 spiro atoms. The van der Waals surface area contributed by atoms with Crippen LogP contribution in [0.5, 0.6) is 11.8 Å². The van der Waals surface area contributed by atoms with E-state index in [0.29, 0.717) is 16.8 Å². The van der Waals surface area contributed by atoms with E-state index < -0.39 is 5.97 Å². The number of ether oxygens (including phenoxy) is 1. The van der Waals surface area contributed by atoms with E-state index in [1.165, 1.54) is 12.1 Å². The molecule has 0 aliphatic carbocycles. The first-order valence-electron chi connectivity index (χ1n) is 6.41. The molecule has 0 fully saturated rings. The molecule has 0 atom stereocenters. The van der Waals surface area contributed by atoms with Crippen LogP contribution in [0.3, 0.4) is 0 Å². The van der Waals surface area contributed by atoms with E-state index in [1.54, 1.807) is 6.07 Å². The Morgan fingerprint density at radius 1 is 1.14 bits per heavy atom. The Balaban J connectivity index is 1.95. The van der Waals surface area contributed by atoms with E-state index in [-0.39, 0.29) is 11.6 Å². The summed E-state index contributed by atoms with van der Waals surface area (Å²) in [5, 5.41) is 8.95. The summed E-state index contributed by atoms with van der Waals surface area (Å²) in [7, 11) is 0. The Hall–Kier alpha value is -2.82. The van der Waals surface area contributed by atoms with Gasteiger partial charge in [-0.2, -0.15) is 4.98 Å². The van der Waals surface area contributed by atoms with Crippen molar-refractivity contribution in [1.82, 2.24) is 4.98 Å². The van der Waals surface area contributed by atoms with Crippen molar-refractivity contribution in [3.05, 3.63) is 53.1 Å². The lowest BCUT2D eigenvalue weighted by Crippen LogP contribution is -1.94. The van der Waals surface area contributed by atoms with Crippen molar-refractivity contribution in [1.29, 1.82) is 0 Å². The standard InChI is InChI=1S/C16H13NO4/c1-9-5-10(2)7-12(6-9)20-16-17-13-4-3-11(15(18)19)8-14(13)21-16/h3-8H,1-2H3,(H,18,19). The fraction of sp³-hybridized carbons (Fsp3) is 0.125. The van der Waals surface area contributed by atoms with Crippen LogP contribution >= 0.6 is 0 Å². The van der Waals surface area contributed by atoms with E-state index in [9.17, 15) is 4.79 Å². The molecule has 2 aromatic carbocycles. The van der Waals surface area contributed by atoms with Crippen molar-refractivity contribution in [3.8, 4) is 11.8 Å². The molecule has 1 heterocycles.